The summed E-state index contributed by atoms with van der Waals surface area (Å²) in [5.74, 6) is -2.18. The molecule has 0 fully saturated rings. The number of amides is 1. The van der Waals surface area contributed by atoms with Crippen LogP contribution in [0.15, 0.2) is 22.7 Å². The first-order valence-corrected chi connectivity index (χ1v) is 6.18. The molecule has 1 amide bonds. The number of hydrogen-bond acceptors (Lipinski definition) is 3. The average Bonchev–Trinajstić information content (AvgIpc) is 2.24. The average molecular weight is 334 g/mol. The molecule has 104 valence electrons. The standard InChI is InChI=1S/C12H13BrFNO4/c1-12(19,5-10(16)17)6-15-11(18)8-3-2-7(14)4-9(8)13/h2-4,19H,5-6H2,1H3,(H,15,18)(H,16,17). The molecule has 1 aromatic carbocycles. The molecule has 0 aliphatic rings. The van der Waals surface area contributed by atoms with Crippen LogP contribution in [-0.2, 0) is 4.79 Å². The van der Waals surface area contributed by atoms with Crippen molar-refractivity contribution in [2.24, 2.45) is 0 Å². The van der Waals surface area contributed by atoms with Gasteiger partial charge in [-0.15, -0.1) is 0 Å². The normalized spacial score (nSPS) is 13.7. The Balaban J connectivity index is 2.68. The lowest BCUT2D eigenvalue weighted by atomic mass is 10.0. The smallest absolute Gasteiger partial charge is 0.306 e. The summed E-state index contributed by atoms with van der Waals surface area (Å²) in [6.07, 6.45) is -0.488. The van der Waals surface area contributed by atoms with Crippen LogP contribution in [0.25, 0.3) is 0 Å². The highest BCUT2D eigenvalue weighted by molar-refractivity contribution is 9.10. The Morgan fingerprint density at radius 3 is 2.63 bits per heavy atom. The zero-order valence-electron chi connectivity index (χ0n) is 10.1. The molecule has 7 heteroatoms. The number of halogens is 2. The molecule has 5 nitrogen and oxygen atoms in total. The van der Waals surface area contributed by atoms with E-state index < -0.39 is 29.7 Å². The van der Waals surface area contributed by atoms with E-state index in [-0.39, 0.29) is 16.6 Å². The Morgan fingerprint density at radius 1 is 1.47 bits per heavy atom. The van der Waals surface area contributed by atoms with Crippen LogP contribution in [0.3, 0.4) is 0 Å². The van der Waals surface area contributed by atoms with Crippen LogP contribution >= 0.6 is 15.9 Å². The van der Waals surface area contributed by atoms with Crippen molar-refractivity contribution in [2.45, 2.75) is 18.9 Å². The Labute approximate surface area is 117 Å². The van der Waals surface area contributed by atoms with Gasteiger partial charge in [-0.05, 0) is 41.1 Å². The zero-order valence-corrected chi connectivity index (χ0v) is 11.7. The molecule has 0 aliphatic heterocycles. The minimum atomic E-state index is -1.55. The van der Waals surface area contributed by atoms with Crippen molar-refractivity contribution in [1.82, 2.24) is 5.32 Å². The fourth-order valence-corrected chi connectivity index (χ4v) is 1.96. The first-order chi connectivity index (χ1) is 8.71. The highest BCUT2D eigenvalue weighted by Crippen LogP contribution is 2.18. The lowest BCUT2D eigenvalue weighted by molar-refractivity contribution is -0.141. The second-order valence-electron chi connectivity index (χ2n) is 4.37. The molecule has 1 aromatic rings. The van der Waals surface area contributed by atoms with Gasteiger partial charge in [0.1, 0.15) is 5.82 Å². The van der Waals surface area contributed by atoms with Crippen molar-refractivity contribution in [1.29, 1.82) is 0 Å². The van der Waals surface area contributed by atoms with Crippen LogP contribution in [0.4, 0.5) is 4.39 Å². The molecular weight excluding hydrogens is 321 g/mol. The number of carbonyl (C=O) groups is 2. The molecule has 0 saturated carbocycles. The molecule has 0 aliphatic carbocycles. The van der Waals surface area contributed by atoms with E-state index in [1.165, 1.54) is 13.0 Å². The molecule has 3 N–H and O–H groups in total. The molecule has 1 unspecified atom stereocenters. The second kappa shape index (κ2) is 6.12. The summed E-state index contributed by atoms with van der Waals surface area (Å²) < 4.78 is 13.1. The SMILES string of the molecule is CC(O)(CNC(=O)c1ccc(F)cc1Br)CC(=O)O. The minimum absolute atomic E-state index is 0.201. The van der Waals surface area contributed by atoms with Crippen LogP contribution in [0.1, 0.15) is 23.7 Å². The minimum Gasteiger partial charge on any atom is -0.481 e. The number of carbonyl (C=O) groups excluding carboxylic acids is 1. The number of aliphatic carboxylic acids is 1. The van der Waals surface area contributed by atoms with E-state index in [4.69, 9.17) is 5.11 Å². The highest BCUT2D eigenvalue weighted by Gasteiger charge is 2.25. The van der Waals surface area contributed by atoms with Gasteiger partial charge in [-0.2, -0.15) is 0 Å². The second-order valence-corrected chi connectivity index (χ2v) is 5.23. The highest BCUT2D eigenvalue weighted by atomic mass is 79.9. The zero-order chi connectivity index (χ0) is 14.6. The number of hydrogen-bond donors (Lipinski definition) is 3. The van der Waals surface area contributed by atoms with Gasteiger partial charge >= 0.3 is 5.97 Å². The summed E-state index contributed by atoms with van der Waals surface area (Å²) in [5, 5.41) is 20.7. The summed E-state index contributed by atoms with van der Waals surface area (Å²) in [7, 11) is 0. The van der Waals surface area contributed by atoms with Crippen LogP contribution in [0, 0.1) is 5.82 Å². The topological polar surface area (TPSA) is 86.6 Å². The van der Waals surface area contributed by atoms with Gasteiger partial charge in [0.05, 0.1) is 17.6 Å². The Morgan fingerprint density at radius 2 is 2.11 bits per heavy atom. The van der Waals surface area contributed by atoms with E-state index in [2.05, 4.69) is 21.2 Å². The molecule has 1 atom stereocenters. The van der Waals surface area contributed by atoms with E-state index in [9.17, 15) is 19.1 Å². The predicted molar refractivity (Wildman–Crippen MR) is 69.3 cm³/mol. The number of rotatable bonds is 5. The Hall–Kier alpha value is -1.47. The summed E-state index contributed by atoms with van der Waals surface area (Å²) >= 11 is 3.05. The van der Waals surface area contributed by atoms with Gasteiger partial charge in [0.15, 0.2) is 0 Å². The van der Waals surface area contributed by atoms with Crippen LogP contribution in [-0.4, -0.2) is 34.2 Å². The van der Waals surface area contributed by atoms with Gasteiger partial charge in [-0.25, -0.2) is 4.39 Å². The summed E-state index contributed by atoms with van der Waals surface area (Å²) in [4.78, 5) is 22.3. The van der Waals surface area contributed by atoms with Crippen molar-refractivity contribution >= 4 is 27.8 Å². The van der Waals surface area contributed by atoms with E-state index in [1.54, 1.807) is 0 Å². The number of benzene rings is 1. The van der Waals surface area contributed by atoms with Gasteiger partial charge in [0.2, 0.25) is 0 Å². The summed E-state index contributed by atoms with van der Waals surface area (Å²) in [6, 6.07) is 3.57. The maximum absolute atomic E-state index is 12.9. The molecule has 0 aromatic heterocycles. The van der Waals surface area contributed by atoms with Crippen molar-refractivity contribution in [3.05, 3.63) is 34.1 Å². The quantitative estimate of drug-likeness (QED) is 0.762. The monoisotopic (exact) mass is 333 g/mol. The van der Waals surface area contributed by atoms with Crippen molar-refractivity contribution in [2.75, 3.05) is 6.54 Å². The predicted octanol–water partition coefficient (Wildman–Crippen LogP) is 1.54. The molecule has 0 radical (unpaired) electrons. The lowest BCUT2D eigenvalue weighted by Crippen LogP contribution is -2.42. The van der Waals surface area contributed by atoms with Gasteiger partial charge < -0.3 is 15.5 Å². The summed E-state index contributed by atoms with van der Waals surface area (Å²) in [5.41, 5.74) is -1.35. The molecular formula is C12H13BrFNO4. The van der Waals surface area contributed by atoms with Crippen LogP contribution < -0.4 is 5.32 Å². The molecule has 1 rings (SSSR count). The summed E-state index contributed by atoms with van der Waals surface area (Å²) in [6.45, 7) is 1.09. The number of nitrogens with one attached hydrogen (secondary N) is 1. The third-order valence-corrected chi connectivity index (χ3v) is 2.99. The largest absolute Gasteiger partial charge is 0.481 e. The molecule has 0 saturated heterocycles. The van der Waals surface area contributed by atoms with Crippen molar-refractivity contribution < 1.29 is 24.2 Å². The van der Waals surface area contributed by atoms with Crippen LogP contribution in [0.2, 0.25) is 0 Å². The number of aliphatic hydroxyl groups is 1. The first-order valence-electron chi connectivity index (χ1n) is 5.39. The fraction of sp³-hybridized carbons (Fsp3) is 0.333. The van der Waals surface area contributed by atoms with Gasteiger partial charge in [-0.1, -0.05) is 0 Å². The molecule has 0 bridgehead atoms. The maximum Gasteiger partial charge on any atom is 0.306 e. The number of carboxylic acids is 1. The van der Waals surface area contributed by atoms with Gasteiger partial charge in [0, 0.05) is 11.0 Å². The van der Waals surface area contributed by atoms with Crippen LogP contribution in [0.5, 0.6) is 0 Å². The molecule has 0 spiro atoms. The van der Waals surface area contributed by atoms with Gasteiger partial charge in [-0.3, -0.25) is 9.59 Å². The van der Waals surface area contributed by atoms with Gasteiger partial charge in [0.25, 0.3) is 5.91 Å². The first kappa shape index (κ1) is 15.6. The fourth-order valence-electron chi connectivity index (χ4n) is 1.43. The molecule has 0 heterocycles. The van der Waals surface area contributed by atoms with Crippen molar-refractivity contribution in [3.8, 4) is 0 Å². The third-order valence-electron chi connectivity index (χ3n) is 2.34. The number of carboxylic acid groups (broad SMARTS) is 1. The lowest BCUT2D eigenvalue weighted by Gasteiger charge is -2.21. The Bertz CT molecular complexity index is 505. The third kappa shape index (κ3) is 4.96. The Kier molecular flexibility index (Phi) is 5.02. The van der Waals surface area contributed by atoms with E-state index in [0.717, 1.165) is 12.1 Å². The van der Waals surface area contributed by atoms with E-state index in [1.807, 2.05) is 0 Å². The van der Waals surface area contributed by atoms with Crippen molar-refractivity contribution in [3.63, 3.8) is 0 Å². The van der Waals surface area contributed by atoms with E-state index in [0.29, 0.717) is 0 Å². The maximum atomic E-state index is 12.9. The molecule has 19 heavy (non-hydrogen) atoms. The van der Waals surface area contributed by atoms with E-state index >= 15 is 0 Å².